The number of thioether (sulfide) groups is 1. The molecule has 2 aromatic heterocycles. The Morgan fingerprint density at radius 2 is 1.96 bits per heavy atom. The molecule has 6 nitrogen and oxygen atoms in total. The van der Waals surface area contributed by atoms with E-state index in [2.05, 4.69) is 20.4 Å². The van der Waals surface area contributed by atoms with E-state index < -0.39 is 0 Å². The van der Waals surface area contributed by atoms with Crippen molar-refractivity contribution in [2.45, 2.75) is 12.1 Å². The predicted octanol–water partition coefficient (Wildman–Crippen LogP) is 3.17. The zero-order valence-electron chi connectivity index (χ0n) is 12.4. The van der Waals surface area contributed by atoms with E-state index in [1.807, 2.05) is 31.2 Å². The number of nitrogens with one attached hydrogen (secondary N) is 1. The van der Waals surface area contributed by atoms with Gasteiger partial charge in [0.05, 0.1) is 5.75 Å². The van der Waals surface area contributed by atoms with Crippen molar-refractivity contribution in [3.63, 3.8) is 0 Å². The van der Waals surface area contributed by atoms with E-state index in [1.54, 1.807) is 24.5 Å². The molecule has 0 unspecified atom stereocenters. The van der Waals surface area contributed by atoms with Crippen LogP contribution in [0.2, 0.25) is 0 Å². The van der Waals surface area contributed by atoms with Crippen molar-refractivity contribution < 1.29 is 9.32 Å². The molecule has 1 amide bonds. The highest BCUT2D eigenvalue weighted by Gasteiger charge is 2.10. The van der Waals surface area contributed by atoms with Crippen molar-refractivity contribution in [3.8, 4) is 11.3 Å². The molecule has 0 saturated carbocycles. The van der Waals surface area contributed by atoms with Crippen LogP contribution in [0.15, 0.2) is 58.5 Å². The lowest BCUT2D eigenvalue weighted by Crippen LogP contribution is -2.13. The van der Waals surface area contributed by atoms with Gasteiger partial charge in [-0.2, -0.15) is 0 Å². The van der Waals surface area contributed by atoms with E-state index in [-0.39, 0.29) is 11.7 Å². The van der Waals surface area contributed by atoms with Crippen LogP contribution in [0.5, 0.6) is 0 Å². The zero-order chi connectivity index (χ0) is 16.1. The third-order valence-corrected chi connectivity index (χ3v) is 3.87. The van der Waals surface area contributed by atoms with E-state index in [0.29, 0.717) is 16.7 Å². The van der Waals surface area contributed by atoms with Gasteiger partial charge in [0.25, 0.3) is 0 Å². The number of aromatic nitrogens is 3. The second-order valence-electron chi connectivity index (χ2n) is 4.81. The van der Waals surface area contributed by atoms with E-state index in [4.69, 9.17) is 4.52 Å². The quantitative estimate of drug-likeness (QED) is 0.573. The van der Waals surface area contributed by atoms with Crippen molar-refractivity contribution in [3.05, 3.63) is 54.4 Å². The maximum Gasteiger partial charge on any atom is 0.237 e. The molecule has 1 aromatic carbocycles. The van der Waals surface area contributed by atoms with Gasteiger partial charge in [0.2, 0.25) is 11.8 Å². The maximum absolute atomic E-state index is 11.9. The summed E-state index contributed by atoms with van der Waals surface area (Å²) in [6.45, 7) is 2.02. The van der Waals surface area contributed by atoms with Crippen LogP contribution in [0.3, 0.4) is 0 Å². The first-order chi connectivity index (χ1) is 11.2. The van der Waals surface area contributed by atoms with Crippen molar-refractivity contribution in [1.29, 1.82) is 0 Å². The van der Waals surface area contributed by atoms with E-state index in [9.17, 15) is 4.79 Å². The molecular weight excluding hydrogens is 312 g/mol. The number of aryl methyl sites for hydroxylation is 1. The Morgan fingerprint density at radius 1 is 1.22 bits per heavy atom. The number of amides is 1. The van der Waals surface area contributed by atoms with Crippen molar-refractivity contribution in [1.82, 2.24) is 15.1 Å². The van der Waals surface area contributed by atoms with E-state index >= 15 is 0 Å². The normalized spacial score (nSPS) is 10.5. The zero-order valence-corrected chi connectivity index (χ0v) is 13.2. The van der Waals surface area contributed by atoms with Gasteiger partial charge in [0.1, 0.15) is 5.69 Å². The number of carbonyl (C=O) groups excluding carboxylic acids is 1. The van der Waals surface area contributed by atoms with Crippen LogP contribution < -0.4 is 5.32 Å². The van der Waals surface area contributed by atoms with E-state index in [0.717, 1.165) is 5.56 Å². The van der Waals surface area contributed by atoms with Gasteiger partial charge in [0.15, 0.2) is 5.16 Å². The second-order valence-corrected chi connectivity index (χ2v) is 5.75. The Morgan fingerprint density at radius 3 is 2.70 bits per heavy atom. The highest BCUT2D eigenvalue weighted by molar-refractivity contribution is 7.99. The molecule has 0 fully saturated rings. The van der Waals surface area contributed by atoms with Crippen LogP contribution in [0, 0.1) is 6.92 Å². The smallest absolute Gasteiger partial charge is 0.237 e. The van der Waals surface area contributed by atoms with Crippen molar-refractivity contribution in [2.75, 3.05) is 11.1 Å². The van der Waals surface area contributed by atoms with Crippen molar-refractivity contribution in [2.24, 2.45) is 0 Å². The minimum atomic E-state index is -0.200. The van der Waals surface area contributed by atoms with Gasteiger partial charge in [0, 0.05) is 24.0 Å². The van der Waals surface area contributed by atoms with Gasteiger partial charge in [-0.25, -0.2) is 9.97 Å². The fraction of sp³-hybridized carbons (Fsp3) is 0.125. The molecule has 0 aliphatic carbocycles. The summed E-state index contributed by atoms with van der Waals surface area (Å²) in [4.78, 5) is 20.0. The fourth-order valence-corrected chi connectivity index (χ4v) is 2.46. The summed E-state index contributed by atoms with van der Waals surface area (Å²) in [6.07, 6.45) is 3.27. The lowest BCUT2D eigenvalue weighted by atomic mass is 10.1. The number of rotatable bonds is 5. The molecular formula is C16H14N4O2S. The molecule has 0 bridgehead atoms. The van der Waals surface area contributed by atoms with Crippen LogP contribution in [-0.2, 0) is 4.79 Å². The third kappa shape index (κ3) is 4.17. The van der Waals surface area contributed by atoms with E-state index in [1.165, 1.54) is 17.3 Å². The molecule has 3 aromatic rings. The number of benzene rings is 1. The number of hydrogen-bond acceptors (Lipinski definition) is 6. The highest BCUT2D eigenvalue weighted by atomic mass is 32.2. The van der Waals surface area contributed by atoms with Crippen LogP contribution in [0.25, 0.3) is 11.3 Å². The lowest BCUT2D eigenvalue weighted by molar-refractivity contribution is -0.113. The van der Waals surface area contributed by atoms with Crippen LogP contribution in [-0.4, -0.2) is 26.8 Å². The summed E-state index contributed by atoms with van der Waals surface area (Å²) < 4.78 is 5.15. The Bertz CT molecular complexity index is 787. The number of nitrogens with zero attached hydrogens (tertiary/aromatic N) is 3. The summed E-state index contributed by atoms with van der Waals surface area (Å²) in [6, 6.07) is 11.3. The first-order valence-corrected chi connectivity index (χ1v) is 7.93. The molecule has 0 spiro atoms. The Hall–Kier alpha value is -2.67. The van der Waals surface area contributed by atoms with Crippen LogP contribution in [0.4, 0.5) is 5.88 Å². The minimum Gasteiger partial charge on any atom is -0.338 e. The molecule has 3 rings (SSSR count). The number of anilines is 1. The Balaban J connectivity index is 1.58. The van der Waals surface area contributed by atoms with Gasteiger partial charge in [-0.15, -0.1) is 0 Å². The predicted molar refractivity (Wildman–Crippen MR) is 88.1 cm³/mol. The standard InChI is InChI=1S/C16H14N4O2S/c1-11-3-5-12(6-4-11)13-9-15(22-20-13)19-14(21)10-23-16-17-7-2-8-18-16/h2-9H,10H2,1H3,(H,19,21). The SMILES string of the molecule is Cc1ccc(-c2cc(NC(=O)CSc3ncccn3)on2)cc1. The molecule has 0 aliphatic heterocycles. The monoisotopic (exact) mass is 326 g/mol. The summed E-state index contributed by atoms with van der Waals surface area (Å²) in [7, 11) is 0. The Labute approximate surface area is 137 Å². The summed E-state index contributed by atoms with van der Waals surface area (Å²) >= 11 is 1.26. The average molecular weight is 326 g/mol. The Kier molecular flexibility index (Phi) is 4.68. The molecule has 0 saturated heterocycles. The summed E-state index contributed by atoms with van der Waals surface area (Å²) in [5.41, 5.74) is 2.79. The number of carbonyl (C=O) groups is 1. The van der Waals surface area contributed by atoms with Gasteiger partial charge in [-0.1, -0.05) is 46.7 Å². The van der Waals surface area contributed by atoms with Gasteiger partial charge in [-0.05, 0) is 13.0 Å². The maximum atomic E-state index is 11.9. The molecule has 1 N–H and O–H groups in total. The largest absolute Gasteiger partial charge is 0.338 e. The van der Waals surface area contributed by atoms with Gasteiger partial charge in [-0.3, -0.25) is 10.1 Å². The molecule has 23 heavy (non-hydrogen) atoms. The molecule has 2 heterocycles. The third-order valence-electron chi connectivity index (χ3n) is 2.99. The van der Waals surface area contributed by atoms with Crippen LogP contribution in [0.1, 0.15) is 5.56 Å². The topological polar surface area (TPSA) is 80.9 Å². The van der Waals surface area contributed by atoms with Gasteiger partial charge >= 0.3 is 0 Å². The van der Waals surface area contributed by atoms with Gasteiger partial charge < -0.3 is 4.52 Å². The average Bonchev–Trinajstić information content (AvgIpc) is 3.03. The fourth-order valence-electron chi connectivity index (χ4n) is 1.86. The number of hydrogen-bond donors (Lipinski definition) is 1. The lowest BCUT2D eigenvalue weighted by Gasteiger charge is -1.99. The first-order valence-electron chi connectivity index (χ1n) is 6.94. The molecule has 0 radical (unpaired) electrons. The molecule has 116 valence electrons. The summed E-state index contributed by atoms with van der Waals surface area (Å²) in [5, 5.41) is 7.19. The highest BCUT2D eigenvalue weighted by Crippen LogP contribution is 2.22. The summed E-state index contributed by atoms with van der Waals surface area (Å²) in [5.74, 6) is 0.319. The van der Waals surface area contributed by atoms with Crippen LogP contribution >= 0.6 is 11.8 Å². The van der Waals surface area contributed by atoms with Crippen molar-refractivity contribution >= 4 is 23.6 Å². The second kappa shape index (κ2) is 7.06. The molecule has 0 aliphatic rings. The molecule has 0 atom stereocenters. The molecule has 7 heteroatoms. The minimum absolute atomic E-state index is 0.199. The first kappa shape index (κ1) is 15.2.